The van der Waals surface area contributed by atoms with Crippen LogP contribution in [0.1, 0.15) is 39.0 Å². The van der Waals surface area contributed by atoms with E-state index in [1.165, 1.54) is 32.1 Å². The molecule has 0 bridgehead atoms. The van der Waals surface area contributed by atoms with Gasteiger partial charge in [-0.05, 0) is 30.4 Å². The van der Waals surface area contributed by atoms with Gasteiger partial charge in [0.2, 0.25) is 0 Å². The zero-order chi connectivity index (χ0) is 13.7. The molecule has 1 saturated carbocycles. The first-order chi connectivity index (χ1) is 9.19. The van der Waals surface area contributed by atoms with Gasteiger partial charge < -0.3 is 15.8 Å². The molecule has 0 amide bonds. The smallest absolute Gasteiger partial charge is 0.143 e. The van der Waals surface area contributed by atoms with Crippen LogP contribution in [0.25, 0.3) is 0 Å². The van der Waals surface area contributed by atoms with Crippen molar-refractivity contribution in [1.82, 2.24) is 0 Å². The lowest BCUT2D eigenvalue weighted by Gasteiger charge is -2.26. The molecule has 3 nitrogen and oxygen atoms in total. The molecule has 0 spiro atoms. The minimum Gasteiger partial charge on any atom is -0.495 e. The number of nitrogens with two attached hydrogens (primary N) is 1. The molecule has 3 N–H and O–H groups in total. The van der Waals surface area contributed by atoms with Gasteiger partial charge in [-0.15, -0.1) is 0 Å². The highest BCUT2D eigenvalue weighted by atomic mass is 16.5. The first-order valence-electron chi connectivity index (χ1n) is 7.36. The van der Waals surface area contributed by atoms with Gasteiger partial charge in [0.15, 0.2) is 0 Å². The number of benzene rings is 1. The molecule has 3 heteroatoms. The summed E-state index contributed by atoms with van der Waals surface area (Å²) < 4.78 is 5.23. The van der Waals surface area contributed by atoms with Crippen LogP contribution < -0.4 is 15.8 Å². The SMILES string of the molecule is COc1cc(NCCC2CCC(C)CC2)ccc1N. The third-order valence-corrected chi connectivity index (χ3v) is 4.25. The first kappa shape index (κ1) is 14.0. The van der Waals surface area contributed by atoms with Crippen LogP contribution in [0.2, 0.25) is 0 Å². The predicted molar refractivity (Wildman–Crippen MR) is 81.6 cm³/mol. The van der Waals surface area contributed by atoms with E-state index < -0.39 is 0 Å². The second-order valence-electron chi connectivity index (χ2n) is 5.80. The van der Waals surface area contributed by atoms with Crippen molar-refractivity contribution < 1.29 is 4.74 Å². The van der Waals surface area contributed by atoms with E-state index in [1.54, 1.807) is 7.11 Å². The molecule has 0 unspecified atom stereocenters. The van der Waals surface area contributed by atoms with Crippen molar-refractivity contribution in [3.05, 3.63) is 18.2 Å². The molecular weight excluding hydrogens is 236 g/mol. The van der Waals surface area contributed by atoms with E-state index in [4.69, 9.17) is 10.5 Å². The maximum Gasteiger partial charge on any atom is 0.143 e. The zero-order valence-corrected chi connectivity index (χ0v) is 12.1. The van der Waals surface area contributed by atoms with E-state index in [-0.39, 0.29) is 0 Å². The van der Waals surface area contributed by atoms with Crippen molar-refractivity contribution in [3.63, 3.8) is 0 Å². The van der Waals surface area contributed by atoms with Gasteiger partial charge in [0.1, 0.15) is 5.75 Å². The van der Waals surface area contributed by atoms with Crippen LogP contribution in [-0.4, -0.2) is 13.7 Å². The number of nitrogens with one attached hydrogen (secondary N) is 1. The number of ether oxygens (including phenoxy) is 1. The molecule has 19 heavy (non-hydrogen) atoms. The summed E-state index contributed by atoms with van der Waals surface area (Å²) >= 11 is 0. The zero-order valence-electron chi connectivity index (χ0n) is 12.1. The highest BCUT2D eigenvalue weighted by Crippen LogP contribution is 2.30. The average molecular weight is 262 g/mol. The molecule has 0 aliphatic heterocycles. The predicted octanol–water partition coefficient (Wildman–Crippen LogP) is 3.91. The van der Waals surface area contributed by atoms with Crippen molar-refractivity contribution in [3.8, 4) is 5.75 Å². The Hall–Kier alpha value is -1.38. The Bertz CT molecular complexity index is 398. The molecule has 2 rings (SSSR count). The second kappa shape index (κ2) is 6.69. The molecule has 1 aliphatic carbocycles. The maximum atomic E-state index is 5.81. The fourth-order valence-electron chi connectivity index (χ4n) is 2.86. The minimum absolute atomic E-state index is 0.689. The van der Waals surface area contributed by atoms with Crippen molar-refractivity contribution in [2.24, 2.45) is 11.8 Å². The largest absolute Gasteiger partial charge is 0.495 e. The van der Waals surface area contributed by atoms with Crippen molar-refractivity contribution >= 4 is 11.4 Å². The van der Waals surface area contributed by atoms with Crippen LogP contribution >= 0.6 is 0 Å². The summed E-state index contributed by atoms with van der Waals surface area (Å²) in [7, 11) is 1.65. The third-order valence-electron chi connectivity index (χ3n) is 4.25. The van der Waals surface area contributed by atoms with E-state index in [9.17, 15) is 0 Å². The lowest BCUT2D eigenvalue weighted by molar-refractivity contribution is 0.282. The van der Waals surface area contributed by atoms with Gasteiger partial charge >= 0.3 is 0 Å². The van der Waals surface area contributed by atoms with Gasteiger partial charge in [0.25, 0.3) is 0 Å². The number of anilines is 2. The second-order valence-corrected chi connectivity index (χ2v) is 5.80. The Kier molecular flexibility index (Phi) is 4.94. The summed E-state index contributed by atoms with van der Waals surface area (Å²) in [6, 6.07) is 5.88. The summed E-state index contributed by atoms with van der Waals surface area (Å²) in [5.74, 6) is 2.58. The minimum atomic E-state index is 0.689. The molecule has 1 aliphatic rings. The highest BCUT2D eigenvalue weighted by Gasteiger charge is 2.17. The van der Waals surface area contributed by atoms with Gasteiger partial charge in [-0.1, -0.05) is 32.6 Å². The van der Waals surface area contributed by atoms with Crippen LogP contribution in [0, 0.1) is 11.8 Å². The van der Waals surface area contributed by atoms with Crippen molar-refractivity contribution in [1.29, 1.82) is 0 Å². The Balaban J connectivity index is 1.76. The molecule has 1 aromatic carbocycles. The molecule has 1 fully saturated rings. The number of nitrogen functional groups attached to an aromatic ring is 1. The van der Waals surface area contributed by atoms with Gasteiger partial charge in [0, 0.05) is 18.3 Å². The number of hydrogen-bond acceptors (Lipinski definition) is 3. The summed E-state index contributed by atoms with van der Waals surface area (Å²) in [6.07, 6.45) is 6.86. The molecule has 0 radical (unpaired) electrons. The van der Waals surface area contributed by atoms with Crippen molar-refractivity contribution in [2.75, 3.05) is 24.7 Å². The monoisotopic (exact) mass is 262 g/mol. The van der Waals surface area contributed by atoms with E-state index >= 15 is 0 Å². The summed E-state index contributed by atoms with van der Waals surface area (Å²) in [6.45, 7) is 3.40. The number of hydrogen-bond donors (Lipinski definition) is 2. The quantitative estimate of drug-likeness (QED) is 0.791. The maximum absolute atomic E-state index is 5.81. The summed E-state index contributed by atoms with van der Waals surface area (Å²) in [4.78, 5) is 0. The average Bonchev–Trinajstić information content (AvgIpc) is 2.43. The molecule has 0 saturated heterocycles. The van der Waals surface area contributed by atoms with Gasteiger partial charge in [-0.2, -0.15) is 0 Å². The normalized spacial score (nSPS) is 23.1. The van der Waals surface area contributed by atoms with Crippen LogP contribution in [0.3, 0.4) is 0 Å². The third kappa shape index (κ3) is 4.05. The van der Waals surface area contributed by atoms with Crippen LogP contribution in [0.4, 0.5) is 11.4 Å². The van der Waals surface area contributed by atoms with E-state index in [0.717, 1.165) is 29.8 Å². The standard InChI is InChI=1S/C16H26N2O/c1-12-3-5-13(6-4-12)9-10-18-14-7-8-15(17)16(11-14)19-2/h7-8,11-13,18H,3-6,9-10,17H2,1-2H3. The molecule has 0 atom stereocenters. The van der Waals surface area contributed by atoms with Crippen LogP contribution in [-0.2, 0) is 0 Å². The van der Waals surface area contributed by atoms with Crippen molar-refractivity contribution in [2.45, 2.75) is 39.0 Å². The summed E-state index contributed by atoms with van der Waals surface area (Å²) in [5, 5.41) is 3.47. The van der Waals surface area contributed by atoms with Crippen LogP contribution in [0.15, 0.2) is 18.2 Å². The Morgan fingerprint density at radius 1 is 1.26 bits per heavy atom. The number of methoxy groups -OCH3 is 1. The molecule has 106 valence electrons. The lowest BCUT2D eigenvalue weighted by Crippen LogP contribution is -2.15. The topological polar surface area (TPSA) is 47.3 Å². The molecular formula is C16H26N2O. The van der Waals surface area contributed by atoms with E-state index in [0.29, 0.717) is 5.69 Å². The van der Waals surface area contributed by atoms with E-state index in [1.807, 2.05) is 18.2 Å². The van der Waals surface area contributed by atoms with Crippen LogP contribution in [0.5, 0.6) is 5.75 Å². The Morgan fingerprint density at radius 2 is 2.00 bits per heavy atom. The Morgan fingerprint density at radius 3 is 2.68 bits per heavy atom. The Labute approximate surface area is 116 Å². The van der Waals surface area contributed by atoms with Gasteiger partial charge in [-0.25, -0.2) is 0 Å². The molecule has 1 aromatic rings. The highest BCUT2D eigenvalue weighted by molar-refractivity contribution is 5.61. The van der Waals surface area contributed by atoms with E-state index in [2.05, 4.69) is 12.2 Å². The summed E-state index contributed by atoms with van der Waals surface area (Å²) in [5.41, 5.74) is 7.59. The fourth-order valence-corrected chi connectivity index (χ4v) is 2.86. The lowest BCUT2D eigenvalue weighted by atomic mass is 9.81. The molecule has 0 heterocycles. The number of rotatable bonds is 5. The molecule has 0 aromatic heterocycles. The van der Waals surface area contributed by atoms with Gasteiger partial charge in [0.05, 0.1) is 12.8 Å². The first-order valence-corrected chi connectivity index (χ1v) is 7.36. The fraction of sp³-hybridized carbons (Fsp3) is 0.625. The van der Waals surface area contributed by atoms with Gasteiger partial charge in [-0.3, -0.25) is 0 Å².